The van der Waals surface area contributed by atoms with E-state index in [2.05, 4.69) is 6.92 Å². The van der Waals surface area contributed by atoms with Crippen molar-refractivity contribution in [2.45, 2.75) is 58.3 Å². The largest absolute Gasteiger partial charge is 0.299 e. The summed E-state index contributed by atoms with van der Waals surface area (Å²) in [5, 5.41) is 0. The van der Waals surface area contributed by atoms with Gasteiger partial charge in [-0.05, 0) is 24.7 Å². The molecule has 1 nitrogen and oxygen atoms in total. The fourth-order valence-electron chi connectivity index (χ4n) is 3.27. The van der Waals surface area contributed by atoms with Crippen LogP contribution in [-0.2, 0) is 4.79 Å². The summed E-state index contributed by atoms with van der Waals surface area (Å²) in [6.07, 6.45) is 9.97. The summed E-state index contributed by atoms with van der Waals surface area (Å²) < 4.78 is 0. The predicted molar refractivity (Wildman–Crippen MR) is 58.1 cm³/mol. The van der Waals surface area contributed by atoms with E-state index in [1.807, 2.05) is 0 Å². The molecule has 80 valence electrons. The second-order valence-corrected chi connectivity index (χ2v) is 5.34. The van der Waals surface area contributed by atoms with Crippen LogP contribution in [0.15, 0.2) is 0 Å². The van der Waals surface area contributed by atoms with Crippen LogP contribution in [-0.4, -0.2) is 5.78 Å². The van der Waals surface area contributed by atoms with Crippen molar-refractivity contribution in [2.75, 3.05) is 0 Å². The molecule has 2 rings (SSSR count). The van der Waals surface area contributed by atoms with Gasteiger partial charge in [-0.1, -0.05) is 39.0 Å². The molecule has 0 bridgehead atoms. The van der Waals surface area contributed by atoms with Crippen molar-refractivity contribution in [3.63, 3.8) is 0 Å². The maximum Gasteiger partial charge on any atom is 0.136 e. The average molecular weight is 194 g/mol. The summed E-state index contributed by atoms with van der Waals surface area (Å²) >= 11 is 0. The molecular formula is C13H22O. The third-order valence-corrected chi connectivity index (χ3v) is 4.24. The SMILES string of the molecule is CC1CCCC1C(=O)CC1CCCC1. The molecule has 2 atom stereocenters. The zero-order valence-corrected chi connectivity index (χ0v) is 9.30. The summed E-state index contributed by atoms with van der Waals surface area (Å²) in [5.41, 5.74) is 0. The lowest BCUT2D eigenvalue weighted by Crippen LogP contribution is -2.19. The van der Waals surface area contributed by atoms with Crippen LogP contribution in [0.3, 0.4) is 0 Å². The lowest BCUT2D eigenvalue weighted by Gasteiger charge is -2.16. The maximum atomic E-state index is 12.0. The van der Waals surface area contributed by atoms with Gasteiger partial charge in [-0.25, -0.2) is 0 Å². The highest BCUT2D eigenvalue weighted by Crippen LogP contribution is 2.35. The van der Waals surface area contributed by atoms with E-state index in [1.54, 1.807) is 0 Å². The second kappa shape index (κ2) is 4.46. The molecule has 0 amide bonds. The Morgan fingerprint density at radius 1 is 1.07 bits per heavy atom. The van der Waals surface area contributed by atoms with E-state index in [1.165, 1.54) is 44.9 Å². The molecule has 0 aliphatic heterocycles. The number of hydrogen-bond donors (Lipinski definition) is 0. The van der Waals surface area contributed by atoms with Crippen molar-refractivity contribution in [1.29, 1.82) is 0 Å². The molecule has 14 heavy (non-hydrogen) atoms. The molecule has 0 radical (unpaired) electrons. The number of carbonyl (C=O) groups is 1. The third-order valence-electron chi connectivity index (χ3n) is 4.24. The van der Waals surface area contributed by atoms with Gasteiger partial charge in [-0.15, -0.1) is 0 Å². The molecule has 0 aromatic carbocycles. The van der Waals surface area contributed by atoms with Gasteiger partial charge < -0.3 is 0 Å². The van der Waals surface area contributed by atoms with Crippen LogP contribution in [0.4, 0.5) is 0 Å². The topological polar surface area (TPSA) is 17.1 Å². The van der Waals surface area contributed by atoms with Crippen LogP contribution >= 0.6 is 0 Å². The zero-order chi connectivity index (χ0) is 9.97. The van der Waals surface area contributed by atoms with Crippen molar-refractivity contribution in [1.82, 2.24) is 0 Å². The second-order valence-electron chi connectivity index (χ2n) is 5.34. The number of Topliss-reactive ketones (excluding diaryl/α,β-unsaturated/α-hetero) is 1. The fraction of sp³-hybridized carbons (Fsp3) is 0.923. The van der Waals surface area contributed by atoms with E-state index in [-0.39, 0.29) is 0 Å². The molecular weight excluding hydrogens is 172 g/mol. The predicted octanol–water partition coefficient (Wildman–Crippen LogP) is 3.57. The Morgan fingerprint density at radius 2 is 1.79 bits per heavy atom. The van der Waals surface area contributed by atoms with E-state index in [9.17, 15) is 4.79 Å². The summed E-state index contributed by atoms with van der Waals surface area (Å²) in [7, 11) is 0. The highest BCUT2D eigenvalue weighted by Gasteiger charge is 2.31. The van der Waals surface area contributed by atoms with E-state index < -0.39 is 0 Å². The summed E-state index contributed by atoms with van der Waals surface area (Å²) in [6, 6.07) is 0. The highest BCUT2D eigenvalue weighted by molar-refractivity contribution is 5.81. The standard InChI is InChI=1S/C13H22O/c1-10-5-4-8-12(10)13(14)9-11-6-2-3-7-11/h10-12H,2-9H2,1H3. The molecule has 0 heterocycles. The zero-order valence-electron chi connectivity index (χ0n) is 9.30. The van der Waals surface area contributed by atoms with Crippen LogP contribution in [0.2, 0.25) is 0 Å². The number of hydrogen-bond acceptors (Lipinski definition) is 1. The molecule has 0 aromatic heterocycles. The first-order chi connectivity index (χ1) is 6.77. The lowest BCUT2D eigenvalue weighted by atomic mass is 9.87. The van der Waals surface area contributed by atoms with Gasteiger partial charge in [0.1, 0.15) is 5.78 Å². The first-order valence-electron chi connectivity index (χ1n) is 6.30. The van der Waals surface area contributed by atoms with Crippen LogP contribution in [0.25, 0.3) is 0 Å². The molecule has 0 spiro atoms. The van der Waals surface area contributed by atoms with E-state index in [4.69, 9.17) is 0 Å². The Bertz CT molecular complexity index is 203. The van der Waals surface area contributed by atoms with Crippen molar-refractivity contribution >= 4 is 5.78 Å². The summed E-state index contributed by atoms with van der Waals surface area (Å²) in [6.45, 7) is 2.25. The summed E-state index contributed by atoms with van der Waals surface area (Å²) in [4.78, 5) is 12.0. The molecule has 2 unspecified atom stereocenters. The quantitative estimate of drug-likeness (QED) is 0.671. The van der Waals surface area contributed by atoms with Gasteiger partial charge in [-0.2, -0.15) is 0 Å². The molecule has 2 saturated carbocycles. The van der Waals surface area contributed by atoms with E-state index in [0.29, 0.717) is 17.6 Å². The lowest BCUT2D eigenvalue weighted by molar-refractivity contribution is -0.124. The Hall–Kier alpha value is -0.330. The third kappa shape index (κ3) is 2.18. The Kier molecular flexibility index (Phi) is 3.25. The molecule has 2 aliphatic rings. The molecule has 2 aliphatic carbocycles. The maximum absolute atomic E-state index is 12.0. The van der Waals surface area contributed by atoms with Crippen LogP contribution in [0.1, 0.15) is 58.3 Å². The van der Waals surface area contributed by atoms with E-state index >= 15 is 0 Å². The van der Waals surface area contributed by atoms with Crippen molar-refractivity contribution in [3.05, 3.63) is 0 Å². The Labute approximate surface area is 87.3 Å². The molecule has 0 aromatic rings. The Morgan fingerprint density at radius 3 is 2.36 bits per heavy atom. The van der Waals surface area contributed by atoms with Gasteiger partial charge in [0.2, 0.25) is 0 Å². The van der Waals surface area contributed by atoms with E-state index in [0.717, 1.165) is 12.3 Å². The minimum absolute atomic E-state index is 0.426. The average Bonchev–Trinajstić information content (AvgIpc) is 2.75. The van der Waals surface area contributed by atoms with Crippen molar-refractivity contribution in [2.24, 2.45) is 17.8 Å². The molecule has 0 N–H and O–H groups in total. The van der Waals surface area contributed by atoms with Crippen molar-refractivity contribution < 1.29 is 4.79 Å². The minimum atomic E-state index is 0.426. The fourth-order valence-corrected chi connectivity index (χ4v) is 3.27. The van der Waals surface area contributed by atoms with Crippen LogP contribution in [0, 0.1) is 17.8 Å². The van der Waals surface area contributed by atoms with Gasteiger partial charge in [0.05, 0.1) is 0 Å². The van der Waals surface area contributed by atoms with Gasteiger partial charge >= 0.3 is 0 Å². The van der Waals surface area contributed by atoms with Gasteiger partial charge in [-0.3, -0.25) is 4.79 Å². The van der Waals surface area contributed by atoms with Crippen LogP contribution < -0.4 is 0 Å². The smallest absolute Gasteiger partial charge is 0.136 e. The van der Waals surface area contributed by atoms with Gasteiger partial charge in [0, 0.05) is 12.3 Å². The minimum Gasteiger partial charge on any atom is -0.299 e. The highest BCUT2D eigenvalue weighted by atomic mass is 16.1. The number of carbonyl (C=O) groups excluding carboxylic acids is 1. The van der Waals surface area contributed by atoms with Crippen molar-refractivity contribution in [3.8, 4) is 0 Å². The molecule has 1 heteroatoms. The summed E-state index contributed by atoms with van der Waals surface area (Å²) in [5.74, 6) is 2.43. The molecule has 0 saturated heterocycles. The van der Waals surface area contributed by atoms with Crippen LogP contribution in [0.5, 0.6) is 0 Å². The number of ketones is 1. The Balaban J connectivity index is 1.82. The molecule has 2 fully saturated rings. The van der Waals surface area contributed by atoms with Gasteiger partial charge in [0.15, 0.2) is 0 Å². The van der Waals surface area contributed by atoms with Gasteiger partial charge in [0.25, 0.3) is 0 Å². The normalized spacial score (nSPS) is 33.8. The monoisotopic (exact) mass is 194 g/mol. The first-order valence-corrected chi connectivity index (χ1v) is 6.30. The first kappa shape index (κ1) is 10.2. The number of rotatable bonds is 3.